The topological polar surface area (TPSA) is 26.3 Å². The van der Waals surface area contributed by atoms with Gasteiger partial charge in [0.25, 0.3) is 0 Å². The molecular formula is C11H17O2P. The van der Waals surface area contributed by atoms with Crippen LogP contribution in [-0.4, -0.2) is 13.3 Å². The predicted octanol–water partition coefficient (Wildman–Crippen LogP) is 2.95. The highest BCUT2D eigenvalue weighted by Gasteiger charge is 2.18. The van der Waals surface area contributed by atoms with Gasteiger partial charge in [-0.05, 0) is 25.5 Å². The Kier molecular flexibility index (Phi) is 3.91. The molecule has 0 saturated carbocycles. The van der Waals surface area contributed by atoms with Crippen LogP contribution in [-0.2, 0) is 9.09 Å². The third kappa shape index (κ3) is 2.97. The van der Waals surface area contributed by atoms with Gasteiger partial charge in [0, 0.05) is 12.0 Å². The van der Waals surface area contributed by atoms with Gasteiger partial charge >= 0.3 is 0 Å². The van der Waals surface area contributed by atoms with Crippen molar-refractivity contribution in [2.75, 3.05) is 13.3 Å². The Morgan fingerprint density at radius 2 is 2.14 bits per heavy atom. The molecule has 78 valence electrons. The normalized spacial score (nSPS) is 15.1. The summed E-state index contributed by atoms with van der Waals surface area (Å²) in [7, 11) is -2.59. The summed E-state index contributed by atoms with van der Waals surface area (Å²) in [5.74, 6) is 0. The van der Waals surface area contributed by atoms with Crippen LogP contribution in [0.4, 0.5) is 0 Å². The maximum Gasteiger partial charge on any atom is 0.229 e. The molecular weight excluding hydrogens is 195 g/mol. The molecule has 0 aromatic heterocycles. The lowest BCUT2D eigenvalue weighted by atomic mass is 10.2. The van der Waals surface area contributed by atoms with Crippen LogP contribution in [0.25, 0.3) is 0 Å². The molecule has 0 radical (unpaired) electrons. The average molecular weight is 212 g/mol. The molecule has 1 aromatic rings. The smallest absolute Gasteiger partial charge is 0.229 e. The van der Waals surface area contributed by atoms with Gasteiger partial charge in [0.2, 0.25) is 7.37 Å². The zero-order valence-electron chi connectivity index (χ0n) is 8.99. The minimum absolute atomic E-state index is 0.557. The lowest BCUT2D eigenvalue weighted by Crippen LogP contribution is -2.07. The van der Waals surface area contributed by atoms with Crippen LogP contribution in [0.3, 0.4) is 0 Å². The van der Waals surface area contributed by atoms with Crippen LogP contribution in [0.2, 0.25) is 0 Å². The van der Waals surface area contributed by atoms with E-state index in [-0.39, 0.29) is 0 Å². The summed E-state index contributed by atoms with van der Waals surface area (Å²) in [5.41, 5.74) is 1.12. The van der Waals surface area contributed by atoms with E-state index in [1.54, 1.807) is 6.66 Å². The van der Waals surface area contributed by atoms with E-state index in [1.807, 2.05) is 38.1 Å². The minimum atomic E-state index is -2.59. The maximum atomic E-state index is 12.1. The molecule has 0 heterocycles. The molecule has 0 aliphatic carbocycles. The first-order valence-corrected chi connectivity index (χ1v) is 6.93. The number of hydrogen-bond acceptors (Lipinski definition) is 2. The first kappa shape index (κ1) is 11.5. The van der Waals surface area contributed by atoms with Gasteiger partial charge in [-0.3, -0.25) is 4.57 Å². The van der Waals surface area contributed by atoms with Gasteiger partial charge in [0.15, 0.2) is 0 Å². The standard InChI is InChI=1S/C11H17O2P/c1-4-8-13-14(3,12)11-7-5-6-10(2)9-11/h5-7,9H,4,8H2,1-3H3. The molecule has 0 spiro atoms. The van der Waals surface area contributed by atoms with Crippen molar-refractivity contribution in [1.82, 2.24) is 0 Å². The Morgan fingerprint density at radius 1 is 1.43 bits per heavy atom. The molecule has 0 fully saturated rings. The van der Waals surface area contributed by atoms with E-state index < -0.39 is 7.37 Å². The lowest BCUT2D eigenvalue weighted by Gasteiger charge is -2.13. The van der Waals surface area contributed by atoms with Gasteiger partial charge in [-0.1, -0.05) is 24.6 Å². The molecule has 0 N–H and O–H groups in total. The fourth-order valence-electron chi connectivity index (χ4n) is 1.22. The summed E-state index contributed by atoms with van der Waals surface area (Å²) < 4.78 is 17.5. The molecule has 3 heteroatoms. The van der Waals surface area contributed by atoms with E-state index in [0.29, 0.717) is 6.61 Å². The van der Waals surface area contributed by atoms with E-state index in [1.165, 1.54) is 0 Å². The van der Waals surface area contributed by atoms with Crippen molar-refractivity contribution in [2.45, 2.75) is 20.3 Å². The molecule has 0 aliphatic heterocycles. The molecule has 1 rings (SSSR count). The van der Waals surface area contributed by atoms with Crippen molar-refractivity contribution in [1.29, 1.82) is 0 Å². The van der Waals surface area contributed by atoms with E-state index in [0.717, 1.165) is 17.3 Å². The first-order chi connectivity index (χ1) is 6.56. The van der Waals surface area contributed by atoms with E-state index in [2.05, 4.69) is 0 Å². The van der Waals surface area contributed by atoms with Crippen molar-refractivity contribution in [3.05, 3.63) is 29.8 Å². The minimum Gasteiger partial charge on any atom is -0.325 e. The summed E-state index contributed by atoms with van der Waals surface area (Å²) in [6.45, 7) is 6.23. The quantitative estimate of drug-likeness (QED) is 0.717. The van der Waals surface area contributed by atoms with Crippen molar-refractivity contribution in [3.8, 4) is 0 Å². The fourth-order valence-corrected chi connectivity index (χ4v) is 2.70. The summed E-state index contributed by atoms with van der Waals surface area (Å²) in [6, 6.07) is 7.69. The third-order valence-corrected chi connectivity index (χ3v) is 3.90. The van der Waals surface area contributed by atoms with E-state index >= 15 is 0 Å². The highest BCUT2D eigenvalue weighted by atomic mass is 31.2. The second kappa shape index (κ2) is 4.77. The number of aryl methyl sites for hydroxylation is 1. The average Bonchev–Trinajstić information content (AvgIpc) is 2.15. The molecule has 0 saturated heterocycles. The van der Waals surface area contributed by atoms with Gasteiger partial charge in [-0.2, -0.15) is 0 Å². The molecule has 1 unspecified atom stereocenters. The van der Waals surface area contributed by atoms with Gasteiger partial charge in [0.1, 0.15) is 0 Å². The van der Waals surface area contributed by atoms with Gasteiger partial charge in [-0.25, -0.2) is 0 Å². The highest BCUT2D eigenvalue weighted by Crippen LogP contribution is 2.41. The van der Waals surface area contributed by atoms with Crippen LogP contribution < -0.4 is 5.30 Å². The Morgan fingerprint density at radius 3 is 2.71 bits per heavy atom. The molecule has 1 aromatic carbocycles. The molecule has 0 aliphatic rings. The molecule has 14 heavy (non-hydrogen) atoms. The summed E-state index contributed by atoms with van der Waals surface area (Å²) >= 11 is 0. The summed E-state index contributed by atoms with van der Waals surface area (Å²) in [4.78, 5) is 0. The monoisotopic (exact) mass is 212 g/mol. The van der Waals surface area contributed by atoms with Crippen molar-refractivity contribution >= 4 is 12.7 Å². The van der Waals surface area contributed by atoms with Crippen molar-refractivity contribution in [3.63, 3.8) is 0 Å². The van der Waals surface area contributed by atoms with Crippen LogP contribution >= 0.6 is 7.37 Å². The van der Waals surface area contributed by atoms with Crippen molar-refractivity contribution in [2.24, 2.45) is 0 Å². The zero-order valence-corrected chi connectivity index (χ0v) is 9.88. The van der Waals surface area contributed by atoms with E-state index in [9.17, 15) is 4.57 Å². The fraction of sp³-hybridized carbons (Fsp3) is 0.455. The summed E-state index contributed by atoms with van der Waals surface area (Å²) in [6.07, 6.45) is 0.893. The molecule has 0 bridgehead atoms. The Balaban J connectivity index is 2.86. The van der Waals surface area contributed by atoms with Crippen molar-refractivity contribution < 1.29 is 9.09 Å². The number of hydrogen-bond donors (Lipinski definition) is 0. The second-order valence-electron chi connectivity index (χ2n) is 3.52. The molecule has 1 atom stereocenters. The lowest BCUT2D eigenvalue weighted by molar-refractivity contribution is 0.323. The second-order valence-corrected chi connectivity index (χ2v) is 5.98. The van der Waals surface area contributed by atoms with Crippen LogP contribution in [0, 0.1) is 6.92 Å². The predicted molar refractivity (Wildman–Crippen MR) is 60.6 cm³/mol. The largest absolute Gasteiger partial charge is 0.325 e. The highest BCUT2D eigenvalue weighted by molar-refractivity contribution is 7.66. The Labute approximate surface area is 85.7 Å². The SMILES string of the molecule is CCCOP(C)(=O)c1cccc(C)c1. The first-order valence-electron chi connectivity index (χ1n) is 4.85. The van der Waals surface area contributed by atoms with Gasteiger partial charge in [0.05, 0.1) is 6.61 Å². The number of rotatable bonds is 4. The van der Waals surface area contributed by atoms with Gasteiger partial charge in [-0.15, -0.1) is 0 Å². The molecule has 2 nitrogen and oxygen atoms in total. The number of benzene rings is 1. The molecule has 0 amide bonds. The Bertz CT molecular complexity index is 347. The zero-order chi connectivity index (χ0) is 10.6. The van der Waals surface area contributed by atoms with Crippen LogP contribution in [0.5, 0.6) is 0 Å². The van der Waals surface area contributed by atoms with Crippen LogP contribution in [0.1, 0.15) is 18.9 Å². The Hall–Kier alpha value is -0.590. The van der Waals surface area contributed by atoms with E-state index in [4.69, 9.17) is 4.52 Å². The summed E-state index contributed by atoms with van der Waals surface area (Å²) in [5, 5.41) is 0.811. The maximum absolute atomic E-state index is 12.1. The third-order valence-electron chi connectivity index (χ3n) is 2.01. The van der Waals surface area contributed by atoms with Gasteiger partial charge < -0.3 is 4.52 Å². The van der Waals surface area contributed by atoms with Crippen LogP contribution in [0.15, 0.2) is 24.3 Å².